The summed E-state index contributed by atoms with van der Waals surface area (Å²) in [6.07, 6.45) is 3.59. The van der Waals surface area contributed by atoms with E-state index in [1.54, 1.807) is 25.1 Å². The lowest BCUT2D eigenvalue weighted by molar-refractivity contribution is -0.145. The molecule has 0 saturated heterocycles. The third-order valence-electron chi connectivity index (χ3n) is 3.47. The Labute approximate surface area is 165 Å². The minimum absolute atomic E-state index is 0.0273. The number of nitrogens with one attached hydrogen (secondary N) is 1. The van der Waals surface area contributed by atoms with E-state index in [0.29, 0.717) is 29.0 Å². The van der Waals surface area contributed by atoms with Crippen LogP contribution in [0.3, 0.4) is 0 Å². The summed E-state index contributed by atoms with van der Waals surface area (Å²) in [6.45, 7) is 9.07. The average Bonchev–Trinajstić information content (AvgIpc) is 2.64. The molecule has 1 aromatic carbocycles. The zero-order valence-electron chi connectivity index (χ0n) is 16.7. The zero-order chi connectivity index (χ0) is 21.1. The molecule has 0 atom stereocenters. The lowest BCUT2D eigenvalue weighted by Crippen LogP contribution is -2.30. The molecule has 0 aromatic heterocycles. The Balaban J connectivity index is 3.29. The van der Waals surface area contributed by atoms with E-state index < -0.39 is 11.9 Å². The van der Waals surface area contributed by atoms with Crippen LogP contribution < -0.4 is 14.8 Å². The lowest BCUT2D eigenvalue weighted by atomic mass is 10.0. The molecule has 0 bridgehead atoms. The SMILES string of the molecule is C=CCc1cc(/C=C(/C#N)C(=O)NC(C)C)cc(OC)c1OCC(=O)OCC. The molecule has 0 radical (unpaired) electrons. The number of hydrogen-bond donors (Lipinski definition) is 1. The number of carbonyl (C=O) groups excluding carboxylic acids is 2. The van der Waals surface area contributed by atoms with E-state index in [-0.39, 0.29) is 24.8 Å². The summed E-state index contributed by atoms with van der Waals surface area (Å²) in [4.78, 5) is 23.7. The van der Waals surface area contributed by atoms with Gasteiger partial charge in [-0.3, -0.25) is 4.79 Å². The number of amides is 1. The quantitative estimate of drug-likeness (QED) is 0.287. The van der Waals surface area contributed by atoms with Crippen LogP contribution in [0.2, 0.25) is 0 Å². The number of allylic oxidation sites excluding steroid dienone is 1. The highest BCUT2D eigenvalue weighted by Gasteiger charge is 2.16. The summed E-state index contributed by atoms with van der Waals surface area (Å²) in [6, 6.07) is 5.21. The molecule has 0 aliphatic heterocycles. The van der Waals surface area contributed by atoms with E-state index in [0.717, 1.165) is 0 Å². The molecular formula is C21H26N2O5. The van der Waals surface area contributed by atoms with Crippen molar-refractivity contribution in [1.29, 1.82) is 5.26 Å². The fraction of sp³-hybridized carbons (Fsp3) is 0.381. The van der Waals surface area contributed by atoms with Gasteiger partial charge in [0.2, 0.25) is 0 Å². The maximum Gasteiger partial charge on any atom is 0.344 e. The molecule has 0 aliphatic carbocycles. The first-order valence-corrected chi connectivity index (χ1v) is 8.89. The van der Waals surface area contributed by atoms with Crippen LogP contribution in [0.15, 0.2) is 30.4 Å². The number of carbonyl (C=O) groups is 2. The molecule has 0 saturated carbocycles. The molecule has 1 aromatic rings. The van der Waals surface area contributed by atoms with E-state index in [2.05, 4.69) is 11.9 Å². The van der Waals surface area contributed by atoms with Crippen LogP contribution in [-0.2, 0) is 20.7 Å². The van der Waals surface area contributed by atoms with Crippen molar-refractivity contribution in [2.75, 3.05) is 20.3 Å². The van der Waals surface area contributed by atoms with Gasteiger partial charge < -0.3 is 19.5 Å². The summed E-state index contributed by atoms with van der Waals surface area (Å²) in [5.74, 6) is -0.186. The van der Waals surface area contributed by atoms with Crippen molar-refractivity contribution in [3.63, 3.8) is 0 Å². The molecule has 1 N–H and O–H groups in total. The topological polar surface area (TPSA) is 97.7 Å². The first-order valence-electron chi connectivity index (χ1n) is 8.89. The second-order valence-electron chi connectivity index (χ2n) is 6.10. The Morgan fingerprint density at radius 1 is 1.36 bits per heavy atom. The zero-order valence-corrected chi connectivity index (χ0v) is 16.7. The van der Waals surface area contributed by atoms with Gasteiger partial charge in [-0.25, -0.2) is 4.79 Å². The molecule has 1 amide bonds. The Morgan fingerprint density at radius 3 is 2.61 bits per heavy atom. The summed E-state index contributed by atoms with van der Waals surface area (Å²) >= 11 is 0. The van der Waals surface area contributed by atoms with Gasteiger partial charge in [0.1, 0.15) is 11.6 Å². The molecule has 0 aliphatic rings. The third kappa shape index (κ3) is 6.80. The van der Waals surface area contributed by atoms with E-state index in [4.69, 9.17) is 14.2 Å². The molecule has 1 rings (SSSR count). The van der Waals surface area contributed by atoms with Crippen LogP contribution in [0.25, 0.3) is 6.08 Å². The highest BCUT2D eigenvalue weighted by molar-refractivity contribution is 6.01. The monoisotopic (exact) mass is 386 g/mol. The van der Waals surface area contributed by atoms with E-state index in [1.165, 1.54) is 13.2 Å². The van der Waals surface area contributed by atoms with Gasteiger partial charge in [-0.2, -0.15) is 5.26 Å². The normalized spacial score (nSPS) is 10.8. The van der Waals surface area contributed by atoms with Crippen molar-refractivity contribution < 1.29 is 23.8 Å². The number of nitriles is 1. The fourth-order valence-electron chi connectivity index (χ4n) is 2.38. The summed E-state index contributed by atoms with van der Waals surface area (Å²) in [5, 5.41) is 12.0. The molecule has 0 heterocycles. The molecule has 0 spiro atoms. The van der Waals surface area contributed by atoms with Crippen LogP contribution in [0.5, 0.6) is 11.5 Å². The molecule has 7 heteroatoms. The second-order valence-corrected chi connectivity index (χ2v) is 6.10. The van der Waals surface area contributed by atoms with Gasteiger partial charge in [0, 0.05) is 11.6 Å². The number of benzene rings is 1. The summed E-state index contributed by atoms with van der Waals surface area (Å²) in [7, 11) is 1.47. The first-order chi connectivity index (χ1) is 13.4. The van der Waals surface area contributed by atoms with Gasteiger partial charge in [0.25, 0.3) is 5.91 Å². The maximum absolute atomic E-state index is 12.1. The predicted octanol–water partition coefficient (Wildman–Crippen LogP) is 2.80. The maximum atomic E-state index is 12.1. The number of ether oxygens (including phenoxy) is 3. The highest BCUT2D eigenvalue weighted by Crippen LogP contribution is 2.34. The van der Waals surface area contributed by atoms with Crippen LogP contribution in [-0.4, -0.2) is 38.2 Å². The smallest absolute Gasteiger partial charge is 0.344 e. The van der Waals surface area contributed by atoms with Gasteiger partial charge in [-0.15, -0.1) is 6.58 Å². The molecular weight excluding hydrogens is 360 g/mol. The van der Waals surface area contributed by atoms with Crippen LogP contribution in [0.1, 0.15) is 31.9 Å². The van der Waals surface area contributed by atoms with Crippen molar-refractivity contribution in [2.45, 2.75) is 33.2 Å². The molecule has 7 nitrogen and oxygen atoms in total. The van der Waals surface area contributed by atoms with Gasteiger partial charge in [0.15, 0.2) is 18.1 Å². The lowest BCUT2D eigenvalue weighted by Gasteiger charge is -2.15. The van der Waals surface area contributed by atoms with E-state index in [9.17, 15) is 14.9 Å². The van der Waals surface area contributed by atoms with Gasteiger partial charge in [-0.1, -0.05) is 6.08 Å². The van der Waals surface area contributed by atoms with Crippen molar-refractivity contribution in [2.24, 2.45) is 0 Å². The van der Waals surface area contributed by atoms with Crippen molar-refractivity contribution in [3.05, 3.63) is 41.5 Å². The largest absolute Gasteiger partial charge is 0.493 e. The molecule has 28 heavy (non-hydrogen) atoms. The van der Waals surface area contributed by atoms with Crippen LogP contribution in [0, 0.1) is 11.3 Å². The standard InChI is InChI=1S/C21H26N2O5/c1-6-8-16-9-15(10-17(12-22)21(25)23-14(3)4)11-18(26-5)20(16)28-13-19(24)27-7-2/h6,9-11,14H,1,7-8,13H2,2-5H3,(H,23,25)/b17-10-. The van der Waals surface area contributed by atoms with Crippen molar-refractivity contribution in [3.8, 4) is 17.6 Å². The number of methoxy groups -OCH3 is 1. The van der Waals surface area contributed by atoms with Crippen LogP contribution in [0.4, 0.5) is 0 Å². The van der Waals surface area contributed by atoms with Gasteiger partial charge in [0.05, 0.1) is 13.7 Å². The predicted molar refractivity (Wildman–Crippen MR) is 106 cm³/mol. The molecule has 150 valence electrons. The minimum atomic E-state index is -0.491. The number of rotatable bonds is 10. The Bertz CT molecular complexity index is 791. The Morgan fingerprint density at radius 2 is 2.07 bits per heavy atom. The fourth-order valence-corrected chi connectivity index (χ4v) is 2.38. The first kappa shape index (κ1) is 22.8. The Kier molecular flexibility index (Phi) is 9.31. The van der Waals surface area contributed by atoms with Crippen molar-refractivity contribution in [1.82, 2.24) is 5.32 Å². The molecule has 0 fully saturated rings. The van der Waals surface area contributed by atoms with Gasteiger partial charge in [-0.05, 0) is 51.0 Å². The van der Waals surface area contributed by atoms with E-state index >= 15 is 0 Å². The summed E-state index contributed by atoms with van der Waals surface area (Å²) < 4.78 is 15.9. The Hall–Kier alpha value is -3.27. The number of hydrogen-bond acceptors (Lipinski definition) is 6. The van der Waals surface area contributed by atoms with E-state index in [1.807, 2.05) is 19.9 Å². The number of nitrogens with zero attached hydrogens (tertiary/aromatic N) is 1. The minimum Gasteiger partial charge on any atom is -0.493 e. The van der Waals surface area contributed by atoms with Gasteiger partial charge >= 0.3 is 5.97 Å². The average molecular weight is 386 g/mol. The third-order valence-corrected chi connectivity index (χ3v) is 3.47. The van der Waals surface area contributed by atoms with Crippen molar-refractivity contribution >= 4 is 18.0 Å². The second kappa shape index (κ2) is 11.4. The summed E-state index contributed by atoms with van der Waals surface area (Å²) in [5.41, 5.74) is 1.26. The van der Waals surface area contributed by atoms with Crippen LogP contribution >= 0.6 is 0 Å². The number of esters is 1. The highest BCUT2D eigenvalue weighted by atomic mass is 16.6. The molecule has 0 unspecified atom stereocenters.